The summed E-state index contributed by atoms with van der Waals surface area (Å²) in [5, 5.41) is 0. The zero-order chi connectivity index (χ0) is 20.0. The second-order valence-corrected chi connectivity index (χ2v) is 8.50. The molecule has 10 heteroatoms. The van der Waals surface area contributed by atoms with Gasteiger partial charge in [0.25, 0.3) is 5.91 Å². The van der Waals surface area contributed by atoms with Gasteiger partial charge >= 0.3 is 0 Å². The van der Waals surface area contributed by atoms with Crippen molar-refractivity contribution in [2.45, 2.75) is 32.8 Å². The van der Waals surface area contributed by atoms with Crippen molar-refractivity contribution in [1.29, 1.82) is 0 Å². The molecular weight excluding hydrogens is 377 g/mol. The van der Waals surface area contributed by atoms with Gasteiger partial charge in [0.15, 0.2) is 17.7 Å². The minimum atomic E-state index is -3.26. The Morgan fingerprint density at radius 3 is 2.48 bits per heavy atom. The number of carbonyl (C=O) groups is 2. The molecule has 1 atom stereocenters. The van der Waals surface area contributed by atoms with Gasteiger partial charge in [-0.1, -0.05) is 12.1 Å². The number of rotatable bonds is 6. The highest BCUT2D eigenvalue weighted by Gasteiger charge is 2.30. The first-order valence-corrected chi connectivity index (χ1v) is 10.3. The van der Waals surface area contributed by atoms with Gasteiger partial charge < -0.3 is 4.74 Å². The van der Waals surface area contributed by atoms with Crippen LogP contribution < -0.4 is 15.6 Å². The maximum absolute atomic E-state index is 13.5. The van der Waals surface area contributed by atoms with Gasteiger partial charge in [-0.3, -0.25) is 20.4 Å². The van der Waals surface area contributed by atoms with E-state index >= 15 is 0 Å². The average Bonchev–Trinajstić information content (AvgIpc) is 2.67. The Morgan fingerprint density at radius 2 is 1.89 bits per heavy atom. The van der Waals surface area contributed by atoms with Crippen LogP contribution in [-0.4, -0.2) is 49.5 Å². The number of amides is 2. The summed E-state index contributed by atoms with van der Waals surface area (Å²) >= 11 is 0. The first-order chi connectivity index (χ1) is 12.7. The molecule has 8 nitrogen and oxygen atoms in total. The number of halogens is 1. The summed E-state index contributed by atoms with van der Waals surface area (Å²) in [5.74, 6) is -2.03. The summed E-state index contributed by atoms with van der Waals surface area (Å²) in [7, 11) is -3.26. The third-order valence-electron chi connectivity index (χ3n) is 4.40. The highest BCUT2D eigenvalue weighted by molar-refractivity contribution is 7.89. The lowest BCUT2D eigenvalue weighted by Crippen LogP contribution is -2.51. The summed E-state index contributed by atoms with van der Waals surface area (Å²) < 4.78 is 43.8. The van der Waals surface area contributed by atoms with Gasteiger partial charge in [0, 0.05) is 19.0 Å². The van der Waals surface area contributed by atoms with Crippen molar-refractivity contribution >= 4 is 21.8 Å². The number of hydrogen-bond donors (Lipinski definition) is 2. The third-order valence-corrected chi connectivity index (χ3v) is 6.28. The van der Waals surface area contributed by atoms with E-state index in [0.29, 0.717) is 12.8 Å². The predicted molar refractivity (Wildman–Crippen MR) is 96.5 cm³/mol. The summed E-state index contributed by atoms with van der Waals surface area (Å²) in [6.45, 7) is 3.56. The standard InChI is InChI=1S/C17H24FN3O5S/c1-3-27(24,25)21-10-8-13(9-11-21)17(23)20-19-16(22)12(2)26-15-7-5-4-6-14(15)18/h4-7,12-13H,3,8-11H2,1-2H3,(H,19,22)(H,20,23). The monoisotopic (exact) mass is 401 g/mol. The molecule has 1 aromatic rings. The predicted octanol–water partition coefficient (Wildman–Crippen LogP) is 0.802. The molecule has 0 aliphatic carbocycles. The molecule has 150 valence electrons. The van der Waals surface area contributed by atoms with Crippen molar-refractivity contribution in [2.75, 3.05) is 18.8 Å². The van der Waals surface area contributed by atoms with E-state index in [-0.39, 0.29) is 24.6 Å². The van der Waals surface area contributed by atoms with Crippen LogP contribution in [0.1, 0.15) is 26.7 Å². The third kappa shape index (κ3) is 5.64. The highest BCUT2D eigenvalue weighted by atomic mass is 32.2. The van der Waals surface area contributed by atoms with E-state index in [0.717, 1.165) is 0 Å². The Morgan fingerprint density at radius 1 is 1.26 bits per heavy atom. The Hall–Kier alpha value is -2.20. The molecule has 1 aromatic carbocycles. The van der Waals surface area contributed by atoms with Gasteiger partial charge in [0.1, 0.15) is 0 Å². The lowest BCUT2D eigenvalue weighted by molar-refractivity contribution is -0.134. The summed E-state index contributed by atoms with van der Waals surface area (Å²) in [6, 6.07) is 5.70. The Labute approximate surface area is 158 Å². The van der Waals surface area contributed by atoms with Gasteiger partial charge in [0.05, 0.1) is 5.75 Å². The van der Waals surface area contributed by atoms with E-state index in [1.54, 1.807) is 13.0 Å². The number of nitrogens with zero attached hydrogens (tertiary/aromatic N) is 1. The van der Waals surface area contributed by atoms with Gasteiger partial charge in [-0.2, -0.15) is 0 Å². The topological polar surface area (TPSA) is 105 Å². The van der Waals surface area contributed by atoms with Crippen LogP contribution in [0.3, 0.4) is 0 Å². The van der Waals surface area contributed by atoms with Crippen molar-refractivity contribution in [3.05, 3.63) is 30.1 Å². The number of ether oxygens (including phenoxy) is 1. The van der Waals surface area contributed by atoms with Crippen LogP contribution in [0.5, 0.6) is 5.75 Å². The largest absolute Gasteiger partial charge is 0.478 e. The van der Waals surface area contributed by atoms with Crippen molar-refractivity contribution in [3.8, 4) is 5.75 Å². The SMILES string of the molecule is CCS(=O)(=O)N1CCC(C(=O)NNC(=O)C(C)Oc2ccccc2F)CC1. The van der Waals surface area contributed by atoms with Gasteiger partial charge in [-0.05, 0) is 38.8 Å². The maximum Gasteiger partial charge on any atom is 0.279 e. The van der Waals surface area contributed by atoms with E-state index in [4.69, 9.17) is 4.74 Å². The number of nitrogens with one attached hydrogen (secondary N) is 2. The molecule has 0 bridgehead atoms. The fourth-order valence-corrected chi connectivity index (χ4v) is 3.82. The molecule has 1 aliphatic rings. The van der Waals surface area contributed by atoms with Gasteiger partial charge in [-0.15, -0.1) is 0 Å². The lowest BCUT2D eigenvalue weighted by Gasteiger charge is -2.30. The Bertz CT molecular complexity index is 779. The normalized spacial score (nSPS) is 17.1. The smallest absolute Gasteiger partial charge is 0.279 e. The van der Waals surface area contributed by atoms with Crippen LogP contribution in [-0.2, 0) is 19.6 Å². The number of carbonyl (C=O) groups excluding carboxylic acids is 2. The first-order valence-electron chi connectivity index (χ1n) is 8.73. The number of sulfonamides is 1. The second kappa shape index (κ2) is 9.14. The van der Waals surface area contributed by atoms with Gasteiger partial charge in [-0.25, -0.2) is 17.1 Å². The molecule has 1 heterocycles. The molecule has 0 saturated carbocycles. The minimum absolute atomic E-state index is 0.0276. The van der Waals surface area contributed by atoms with Crippen LogP contribution in [0.15, 0.2) is 24.3 Å². The summed E-state index contributed by atoms with van der Waals surface area (Å²) in [4.78, 5) is 24.2. The number of hydrogen-bond acceptors (Lipinski definition) is 5. The second-order valence-electron chi connectivity index (χ2n) is 6.24. The lowest BCUT2D eigenvalue weighted by atomic mass is 9.98. The molecule has 1 fully saturated rings. The highest BCUT2D eigenvalue weighted by Crippen LogP contribution is 2.20. The molecule has 2 rings (SSSR count). The van der Waals surface area contributed by atoms with Crippen molar-refractivity contribution < 1.29 is 27.1 Å². The average molecular weight is 401 g/mol. The Kier molecular flexibility index (Phi) is 7.14. The molecular formula is C17H24FN3O5S. The molecule has 2 N–H and O–H groups in total. The van der Waals surface area contributed by atoms with E-state index < -0.39 is 39.7 Å². The molecule has 0 radical (unpaired) electrons. The van der Waals surface area contributed by atoms with Crippen LogP contribution in [0.2, 0.25) is 0 Å². The number of piperidine rings is 1. The Balaban J connectivity index is 1.78. The summed E-state index contributed by atoms with van der Waals surface area (Å²) in [6.07, 6.45) is -0.261. The number of hydrazine groups is 1. The molecule has 2 amide bonds. The maximum atomic E-state index is 13.5. The minimum Gasteiger partial charge on any atom is -0.478 e. The van der Waals surface area contributed by atoms with Crippen LogP contribution in [0.4, 0.5) is 4.39 Å². The van der Waals surface area contributed by atoms with Crippen molar-refractivity contribution in [3.63, 3.8) is 0 Å². The van der Waals surface area contributed by atoms with E-state index in [1.807, 2.05) is 0 Å². The molecule has 1 aliphatic heterocycles. The zero-order valence-corrected chi connectivity index (χ0v) is 16.1. The van der Waals surface area contributed by atoms with Gasteiger partial charge in [0.2, 0.25) is 15.9 Å². The molecule has 1 unspecified atom stereocenters. The summed E-state index contributed by atoms with van der Waals surface area (Å²) in [5.41, 5.74) is 4.57. The molecule has 0 aromatic heterocycles. The fourth-order valence-electron chi connectivity index (χ4n) is 2.69. The van der Waals surface area contributed by atoms with Crippen LogP contribution in [0, 0.1) is 11.7 Å². The van der Waals surface area contributed by atoms with Crippen molar-refractivity contribution in [1.82, 2.24) is 15.2 Å². The molecule has 0 spiro atoms. The van der Waals surface area contributed by atoms with Crippen LogP contribution in [0.25, 0.3) is 0 Å². The first kappa shape index (κ1) is 21.1. The number of para-hydroxylation sites is 1. The molecule has 1 saturated heterocycles. The van der Waals surface area contributed by atoms with E-state index in [1.165, 1.54) is 29.4 Å². The fraction of sp³-hybridized carbons (Fsp3) is 0.529. The van der Waals surface area contributed by atoms with E-state index in [2.05, 4.69) is 10.9 Å². The zero-order valence-electron chi connectivity index (χ0n) is 15.3. The van der Waals surface area contributed by atoms with Crippen molar-refractivity contribution in [2.24, 2.45) is 5.92 Å². The number of benzene rings is 1. The quantitative estimate of drug-likeness (QED) is 0.686. The van der Waals surface area contributed by atoms with E-state index in [9.17, 15) is 22.4 Å². The molecule has 27 heavy (non-hydrogen) atoms. The van der Waals surface area contributed by atoms with Crippen LogP contribution >= 0.6 is 0 Å².